The van der Waals surface area contributed by atoms with Gasteiger partial charge in [-0.2, -0.15) is 18.4 Å². The monoisotopic (exact) mass is 275 g/mol. The molecule has 0 saturated heterocycles. The highest BCUT2D eigenvalue weighted by molar-refractivity contribution is 6.09. The van der Waals surface area contributed by atoms with E-state index in [0.29, 0.717) is 5.56 Å². The number of hydrogen-bond donors (Lipinski definition) is 0. The molecule has 0 N–H and O–H groups in total. The molecule has 0 spiro atoms. The summed E-state index contributed by atoms with van der Waals surface area (Å²) < 4.78 is 37.8. The lowest BCUT2D eigenvalue weighted by molar-refractivity contribution is -0.137. The Bertz CT molecular complexity index is 682. The van der Waals surface area contributed by atoms with Crippen LogP contribution in [0.15, 0.2) is 48.5 Å². The van der Waals surface area contributed by atoms with Crippen molar-refractivity contribution in [3.8, 4) is 6.07 Å². The van der Waals surface area contributed by atoms with E-state index < -0.39 is 17.5 Å². The quantitative estimate of drug-likeness (QED) is 0.782. The molecule has 0 atom stereocenters. The molecular weight excluding hydrogens is 267 g/mol. The molecule has 0 aliphatic rings. The van der Waals surface area contributed by atoms with Crippen molar-refractivity contribution in [1.82, 2.24) is 0 Å². The Balaban J connectivity index is 2.36. The molecule has 0 aromatic heterocycles. The van der Waals surface area contributed by atoms with Crippen molar-refractivity contribution in [3.63, 3.8) is 0 Å². The number of nitrogens with zero attached hydrogens (tertiary/aromatic N) is 1. The zero-order valence-corrected chi connectivity index (χ0v) is 10.1. The lowest BCUT2D eigenvalue weighted by Gasteiger charge is -2.08. The maximum Gasteiger partial charge on any atom is 0.416 e. The summed E-state index contributed by atoms with van der Waals surface area (Å²) in [5.41, 5.74) is -0.282. The molecule has 2 aromatic rings. The van der Waals surface area contributed by atoms with Crippen LogP contribution in [0.2, 0.25) is 0 Å². The van der Waals surface area contributed by atoms with Gasteiger partial charge in [-0.1, -0.05) is 12.1 Å². The van der Waals surface area contributed by atoms with Crippen LogP contribution in [0.4, 0.5) is 13.2 Å². The van der Waals surface area contributed by atoms with Gasteiger partial charge < -0.3 is 0 Å². The third kappa shape index (κ3) is 2.86. The molecule has 0 aliphatic heterocycles. The van der Waals surface area contributed by atoms with Gasteiger partial charge in [0.2, 0.25) is 0 Å². The summed E-state index contributed by atoms with van der Waals surface area (Å²) in [5.74, 6) is -0.513. The molecule has 2 nitrogen and oxygen atoms in total. The fourth-order valence-corrected chi connectivity index (χ4v) is 1.70. The van der Waals surface area contributed by atoms with E-state index in [1.807, 2.05) is 6.07 Å². The van der Waals surface area contributed by atoms with E-state index in [4.69, 9.17) is 5.26 Å². The molecule has 0 heterocycles. The van der Waals surface area contributed by atoms with Gasteiger partial charge in [0.1, 0.15) is 0 Å². The molecule has 0 fully saturated rings. The minimum absolute atomic E-state index is 0.0375. The molecule has 0 unspecified atom stereocenters. The Morgan fingerprint density at radius 2 is 1.65 bits per heavy atom. The summed E-state index contributed by atoms with van der Waals surface area (Å²) >= 11 is 0. The molecule has 0 aliphatic carbocycles. The van der Waals surface area contributed by atoms with E-state index >= 15 is 0 Å². The molecule has 0 saturated carbocycles. The highest BCUT2D eigenvalue weighted by Crippen LogP contribution is 2.30. The van der Waals surface area contributed by atoms with Crippen LogP contribution in [0.25, 0.3) is 0 Å². The van der Waals surface area contributed by atoms with Gasteiger partial charge in [-0.3, -0.25) is 4.79 Å². The number of alkyl halides is 3. The Labute approximate surface area is 113 Å². The van der Waals surface area contributed by atoms with E-state index in [9.17, 15) is 18.0 Å². The van der Waals surface area contributed by atoms with E-state index in [1.165, 1.54) is 36.4 Å². The first-order valence-electron chi connectivity index (χ1n) is 5.64. The molecule has 2 aromatic carbocycles. The van der Waals surface area contributed by atoms with E-state index in [1.54, 1.807) is 0 Å². The van der Waals surface area contributed by atoms with E-state index in [-0.39, 0.29) is 11.1 Å². The third-order valence-corrected chi connectivity index (χ3v) is 2.73. The van der Waals surface area contributed by atoms with Crippen LogP contribution in [-0.4, -0.2) is 5.78 Å². The number of ketones is 1. The number of rotatable bonds is 2. The molecule has 100 valence electrons. The van der Waals surface area contributed by atoms with Gasteiger partial charge in [-0.25, -0.2) is 0 Å². The lowest BCUT2D eigenvalue weighted by Crippen LogP contribution is -2.08. The number of carbonyl (C=O) groups excluding carboxylic acids is 1. The van der Waals surface area contributed by atoms with Crippen molar-refractivity contribution >= 4 is 5.78 Å². The zero-order valence-electron chi connectivity index (χ0n) is 10.1. The number of halogens is 3. The number of carbonyl (C=O) groups is 1. The van der Waals surface area contributed by atoms with Crippen LogP contribution in [0.5, 0.6) is 0 Å². The Hall–Kier alpha value is -2.61. The SMILES string of the molecule is N#Cc1ccc(C(=O)c2cccc(C(F)(F)F)c2)cc1. The standard InChI is InChI=1S/C15H8F3NO/c16-15(17,18)13-3-1-2-12(8-13)14(20)11-6-4-10(9-19)5-7-11/h1-8H. The van der Waals surface area contributed by atoms with Gasteiger partial charge in [0, 0.05) is 11.1 Å². The number of benzene rings is 2. The number of hydrogen-bond acceptors (Lipinski definition) is 2. The van der Waals surface area contributed by atoms with E-state index in [0.717, 1.165) is 12.1 Å². The summed E-state index contributed by atoms with van der Waals surface area (Å²) in [4.78, 5) is 12.1. The maximum atomic E-state index is 12.6. The highest BCUT2D eigenvalue weighted by atomic mass is 19.4. The molecule has 5 heteroatoms. The summed E-state index contributed by atoms with van der Waals surface area (Å²) in [5, 5.41) is 8.65. The average molecular weight is 275 g/mol. The Morgan fingerprint density at radius 1 is 1.00 bits per heavy atom. The Morgan fingerprint density at radius 3 is 2.20 bits per heavy atom. The van der Waals surface area contributed by atoms with Gasteiger partial charge in [0.15, 0.2) is 5.78 Å². The van der Waals surface area contributed by atoms with Crippen LogP contribution < -0.4 is 0 Å². The average Bonchev–Trinajstić information content (AvgIpc) is 2.46. The summed E-state index contributed by atoms with van der Waals surface area (Å²) in [7, 11) is 0. The maximum absolute atomic E-state index is 12.6. The summed E-state index contributed by atoms with van der Waals surface area (Å²) in [6, 6.07) is 11.9. The largest absolute Gasteiger partial charge is 0.416 e. The molecular formula is C15H8F3NO. The smallest absolute Gasteiger partial charge is 0.289 e. The number of nitriles is 1. The fourth-order valence-electron chi connectivity index (χ4n) is 1.70. The molecule has 0 bridgehead atoms. The zero-order chi connectivity index (χ0) is 14.8. The molecule has 0 amide bonds. The second kappa shape index (κ2) is 5.17. The predicted molar refractivity (Wildman–Crippen MR) is 66.0 cm³/mol. The van der Waals surface area contributed by atoms with Crippen LogP contribution in [-0.2, 0) is 6.18 Å². The van der Waals surface area contributed by atoms with E-state index in [2.05, 4.69) is 0 Å². The minimum atomic E-state index is -4.49. The van der Waals surface area contributed by atoms with Crippen LogP contribution in [0, 0.1) is 11.3 Å². The first-order chi connectivity index (χ1) is 9.41. The van der Waals surface area contributed by atoms with Crippen molar-refractivity contribution < 1.29 is 18.0 Å². The minimum Gasteiger partial charge on any atom is -0.289 e. The second-order valence-electron chi connectivity index (χ2n) is 4.10. The van der Waals surface area contributed by atoms with Crippen molar-refractivity contribution in [3.05, 3.63) is 70.8 Å². The van der Waals surface area contributed by atoms with Gasteiger partial charge in [-0.15, -0.1) is 0 Å². The van der Waals surface area contributed by atoms with Crippen LogP contribution in [0.3, 0.4) is 0 Å². The van der Waals surface area contributed by atoms with Crippen LogP contribution >= 0.6 is 0 Å². The fraction of sp³-hybridized carbons (Fsp3) is 0.0667. The topological polar surface area (TPSA) is 40.9 Å². The normalized spacial score (nSPS) is 10.9. The molecule has 20 heavy (non-hydrogen) atoms. The van der Waals surface area contributed by atoms with Gasteiger partial charge in [0.05, 0.1) is 17.2 Å². The van der Waals surface area contributed by atoms with Crippen molar-refractivity contribution in [2.45, 2.75) is 6.18 Å². The highest BCUT2D eigenvalue weighted by Gasteiger charge is 2.30. The van der Waals surface area contributed by atoms with Gasteiger partial charge in [-0.05, 0) is 36.4 Å². The summed E-state index contributed by atoms with van der Waals surface area (Å²) in [6.07, 6.45) is -4.49. The van der Waals surface area contributed by atoms with Crippen LogP contribution in [0.1, 0.15) is 27.0 Å². The second-order valence-corrected chi connectivity index (χ2v) is 4.10. The van der Waals surface area contributed by atoms with Gasteiger partial charge in [0.25, 0.3) is 0 Å². The van der Waals surface area contributed by atoms with Crippen molar-refractivity contribution in [1.29, 1.82) is 5.26 Å². The van der Waals surface area contributed by atoms with Gasteiger partial charge >= 0.3 is 6.18 Å². The summed E-state index contributed by atoms with van der Waals surface area (Å²) in [6.45, 7) is 0. The first kappa shape index (κ1) is 13.8. The first-order valence-corrected chi connectivity index (χ1v) is 5.64. The van der Waals surface area contributed by atoms with Crippen molar-refractivity contribution in [2.75, 3.05) is 0 Å². The molecule has 2 rings (SSSR count). The molecule has 0 radical (unpaired) electrons. The third-order valence-electron chi connectivity index (χ3n) is 2.73. The predicted octanol–water partition coefficient (Wildman–Crippen LogP) is 3.81. The van der Waals surface area contributed by atoms with Crippen molar-refractivity contribution in [2.24, 2.45) is 0 Å². The Kier molecular flexibility index (Phi) is 3.57. The lowest BCUT2D eigenvalue weighted by atomic mass is 10.0.